The van der Waals surface area contributed by atoms with Gasteiger partial charge in [0, 0.05) is 11.1 Å². The highest BCUT2D eigenvalue weighted by Crippen LogP contribution is 2.33. The molecule has 0 radical (unpaired) electrons. The quantitative estimate of drug-likeness (QED) is 0.429. The summed E-state index contributed by atoms with van der Waals surface area (Å²) in [6.07, 6.45) is 0. The van der Waals surface area contributed by atoms with Crippen LogP contribution in [0.4, 0.5) is 0 Å². The Morgan fingerprint density at radius 2 is 1.15 bits per heavy atom. The first kappa shape index (κ1) is 17.2. The van der Waals surface area contributed by atoms with Gasteiger partial charge in [-0.3, -0.25) is 0 Å². The monoisotopic (exact) mass is 354 g/mol. The molecule has 1 heterocycles. The van der Waals surface area contributed by atoms with Crippen LogP contribution in [-0.2, 0) is 5.41 Å². The van der Waals surface area contributed by atoms with Gasteiger partial charge in [-0.1, -0.05) is 81.4 Å². The first-order valence-electron chi connectivity index (χ1n) is 9.11. The van der Waals surface area contributed by atoms with Crippen molar-refractivity contribution in [3.8, 4) is 34.0 Å². The molecule has 0 N–H and O–H groups in total. The molecule has 3 aromatic carbocycles. The van der Waals surface area contributed by atoms with Crippen LogP contribution < -0.4 is 0 Å². The fourth-order valence-corrected chi connectivity index (χ4v) is 3.21. The Labute approximate surface area is 159 Å². The Morgan fingerprint density at radius 3 is 1.85 bits per heavy atom. The fraction of sp³-hybridized carbons (Fsp3) is 0.167. The highest BCUT2D eigenvalue weighted by atomic mass is 16.4. The molecular formula is C24H22N2O. The van der Waals surface area contributed by atoms with Crippen molar-refractivity contribution >= 4 is 0 Å². The second-order valence-corrected chi connectivity index (χ2v) is 7.65. The summed E-state index contributed by atoms with van der Waals surface area (Å²) in [6.45, 7) is 6.56. The minimum absolute atomic E-state index is 0.00254. The van der Waals surface area contributed by atoms with Gasteiger partial charge < -0.3 is 4.42 Å². The molecule has 0 spiro atoms. The summed E-state index contributed by atoms with van der Waals surface area (Å²) in [6, 6.07) is 26.7. The third kappa shape index (κ3) is 3.54. The van der Waals surface area contributed by atoms with E-state index >= 15 is 0 Å². The van der Waals surface area contributed by atoms with Crippen LogP contribution in [0.1, 0.15) is 26.3 Å². The number of hydrogen-bond donors (Lipinski definition) is 0. The summed E-state index contributed by atoms with van der Waals surface area (Å²) in [5.74, 6) is 1.09. The summed E-state index contributed by atoms with van der Waals surface area (Å²) < 4.78 is 6.01. The van der Waals surface area contributed by atoms with Gasteiger partial charge in [0.05, 0.1) is 0 Å². The maximum Gasteiger partial charge on any atom is 0.248 e. The standard InChI is InChI=1S/C24H22N2O/c1-24(2,3)21-12-8-7-11-20(21)23-26-25-22(27-23)19-15-13-18(14-16-19)17-9-5-4-6-10-17/h4-16H,1-3H3. The number of aromatic nitrogens is 2. The summed E-state index contributed by atoms with van der Waals surface area (Å²) in [7, 11) is 0. The van der Waals surface area contributed by atoms with E-state index in [1.165, 1.54) is 11.1 Å². The molecule has 3 nitrogen and oxygen atoms in total. The summed E-state index contributed by atoms with van der Waals surface area (Å²) >= 11 is 0. The van der Waals surface area contributed by atoms with Gasteiger partial charge in [0.25, 0.3) is 0 Å². The van der Waals surface area contributed by atoms with E-state index in [0.29, 0.717) is 11.8 Å². The highest BCUT2D eigenvalue weighted by molar-refractivity contribution is 5.68. The first-order chi connectivity index (χ1) is 13.0. The van der Waals surface area contributed by atoms with Gasteiger partial charge in [-0.25, -0.2) is 0 Å². The fourth-order valence-electron chi connectivity index (χ4n) is 3.21. The maximum atomic E-state index is 6.01. The van der Waals surface area contributed by atoms with Crippen LogP contribution in [-0.4, -0.2) is 10.2 Å². The van der Waals surface area contributed by atoms with E-state index in [0.717, 1.165) is 16.7 Å². The molecule has 27 heavy (non-hydrogen) atoms. The molecule has 0 bridgehead atoms. The molecule has 134 valence electrons. The summed E-state index contributed by atoms with van der Waals surface area (Å²) in [4.78, 5) is 0. The van der Waals surface area contributed by atoms with Crippen LogP contribution in [0.25, 0.3) is 34.0 Å². The lowest BCUT2D eigenvalue weighted by Crippen LogP contribution is -2.12. The van der Waals surface area contributed by atoms with Crippen LogP contribution in [0.5, 0.6) is 0 Å². The third-order valence-electron chi connectivity index (χ3n) is 4.63. The van der Waals surface area contributed by atoms with Gasteiger partial charge in [-0.15, -0.1) is 10.2 Å². The van der Waals surface area contributed by atoms with Crippen molar-refractivity contribution in [2.45, 2.75) is 26.2 Å². The number of nitrogens with zero attached hydrogens (tertiary/aromatic N) is 2. The largest absolute Gasteiger partial charge is 0.416 e. The lowest BCUT2D eigenvalue weighted by Gasteiger charge is -2.21. The van der Waals surface area contributed by atoms with Crippen molar-refractivity contribution in [3.63, 3.8) is 0 Å². The zero-order valence-electron chi connectivity index (χ0n) is 15.8. The molecule has 3 heteroatoms. The van der Waals surface area contributed by atoms with Crippen molar-refractivity contribution in [1.82, 2.24) is 10.2 Å². The Morgan fingerprint density at radius 1 is 0.593 bits per heavy atom. The van der Waals surface area contributed by atoms with E-state index in [1.54, 1.807) is 0 Å². The zero-order chi connectivity index (χ0) is 18.9. The molecule has 4 aromatic rings. The Kier molecular flexibility index (Phi) is 4.36. The van der Waals surface area contributed by atoms with Crippen molar-refractivity contribution < 1.29 is 4.42 Å². The molecule has 0 aliphatic carbocycles. The van der Waals surface area contributed by atoms with E-state index in [2.05, 4.69) is 61.3 Å². The van der Waals surface area contributed by atoms with E-state index in [1.807, 2.05) is 48.5 Å². The molecule has 0 unspecified atom stereocenters. The zero-order valence-corrected chi connectivity index (χ0v) is 15.8. The van der Waals surface area contributed by atoms with Gasteiger partial charge in [0.2, 0.25) is 11.8 Å². The highest BCUT2D eigenvalue weighted by Gasteiger charge is 2.21. The number of benzene rings is 3. The minimum Gasteiger partial charge on any atom is -0.416 e. The number of hydrogen-bond acceptors (Lipinski definition) is 3. The van der Waals surface area contributed by atoms with Crippen LogP contribution in [0.2, 0.25) is 0 Å². The Balaban J connectivity index is 1.66. The van der Waals surface area contributed by atoms with E-state index in [4.69, 9.17) is 4.42 Å². The van der Waals surface area contributed by atoms with Crippen molar-refractivity contribution in [2.24, 2.45) is 0 Å². The van der Waals surface area contributed by atoms with E-state index < -0.39 is 0 Å². The lowest BCUT2D eigenvalue weighted by molar-refractivity contribution is 0.567. The van der Waals surface area contributed by atoms with Crippen molar-refractivity contribution in [2.75, 3.05) is 0 Å². The molecule has 0 aliphatic rings. The normalized spacial score (nSPS) is 11.5. The maximum absolute atomic E-state index is 6.01. The molecule has 0 saturated carbocycles. The smallest absolute Gasteiger partial charge is 0.248 e. The molecule has 0 saturated heterocycles. The predicted molar refractivity (Wildman–Crippen MR) is 109 cm³/mol. The van der Waals surface area contributed by atoms with E-state index in [9.17, 15) is 0 Å². The second kappa shape index (κ2) is 6.84. The predicted octanol–water partition coefficient (Wildman–Crippen LogP) is 6.37. The molecule has 0 aliphatic heterocycles. The van der Waals surface area contributed by atoms with Crippen molar-refractivity contribution in [1.29, 1.82) is 0 Å². The van der Waals surface area contributed by atoms with Gasteiger partial charge in [-0.05, 0) is 40.3 Å². The van der Waals surface area contributed by atoms with Crippen LogP contribution >= 0.6 is 0 Å². The van der Waals surface area contributed by atoms with Crippen molar-refractivity contribution in [3.05, 3.63) is 84.4 Å². The molecule has 0 atom stereocenters. The van der Waals surface area contributed by atoms with Crippen LogP contribution in [0.15, 0.2) is 83.3 Å². The minimum atomic E-state index is 0.00254. The summed E-state index contributed by atoms with van der Waals surface area (Å²) in [5.41, 5.74) is 5.46. The first-order valence-corrected chi connectivity index (χ1v) is 9.11. The third-order valence-corrected chi connectivity index (χ3v) is 4.63. The molecule has 1 aromatic heterocycles. The average Bonchev–Trinajstić information content (AvgIpc) is 3.18. The lowest BCUT2D eigenvalue weighted by atomic mass is 9.84. The molecule has 0 fully saturated rings. The van der Waals surface area contributed by atoms with Gasteiger partial charge in [0.1, 0.15) is 0 Å². The van der Waals surface area contributed by atoms with Gasteiger partial charge >= 0.3 is 0 Å². The van der Waals surface area contributed by atoms with Gasteiger partial charge in [0.15, 0.2) is 0 Å². The Hall–Kier alpha value is -3.20. The van der Waals surface area contributed by atoms with Crippen LogP contribution in [0, 0.1) is 0 Å². The Bertz CT molecular complexity index is 1040. The molecular weight excluding hydrogens is 332 g/mol. The van der Waals surface area contributed by atoms with E-state index in [-0.39, 0.29) is 5.41 Å². The second-order valence-electron chi connectivity index (χ2n) is 7.65. The summed E-state index contributed by atoms with van der Waals surface area (Å²) in [5, 5.41) is 8.57. The average molecular weight is 354 g/mol. The number of rotatable bonds is 3. The molecule has 4 rings (SSSR count). The van der Waals surface area contributed by atoms with Gasteiger partial charge in [-0.2, -0.15) is 0 Å². The topological polar surface area (TPSA) is 38.9 Å². The molecule has 0 amide bonds. The van der Waals surface area contributed by atoms with Crippen LogP contribution in [0.3, 0.4) is 0 Å². The SMILES string of the molecule is CC(C)(C)c1ccccc1-c1nnc(-c2ccc(-c3ccccc3)cc2)o1.